The van der Waals surface area contributed by atoms with Crippen LogP contribution in [0.4, 0.5) is 0 Å². The fourth-order valence-electron chi connectivity index (χ4n) is 2.76. The Morgan fingerprint density at radius 1 is 0.929 bits per heavy atom. The second-order valence-corrected chi connectivity index (χ2v) is 4.68. The van der Waals surface area contributed by atoms with Gasteiger partial charge in [-0.1, -0.05) is 19.3 Å². The van der Waals surface area contributed by atoms with Crippen molar-refractivity contribution in [3.63, 3.8) is 0 Å². The summed E-state index contributed by atoms with van der Waals surface area (Å²) in [5.74, 6) is 0.512. The smallest absolute Gasteiger partial charge is 0.149 e. The molecule has 2 nitrogen and oxygen atoms in total. The molecule has 0 aromatic heterocycles. The number of nitrogens with zero attached hydrogens (tertiary/aromatic N) is 1. The fraction of sp³-hybridized carbons (Fsp3) is 0.917. The van der Waals surface area contributed by atoms with Crippen LogP contribution in [0, 0.1) is 0 Å². The van der Waals surface area contributed by atoms with Gasteiger partial charge in [0.15, 0.2) is 0 Å². The van der Waals surface area contributed by atoms with Gasteiger partial charge in [-0.2, -0.15) is 0 Å². The van der Waals surface area contributed by atoms with E-state index >= 15 is 0 Å². The van der Waals surface area contributed by atoms with Crippen molar-refractivity contribution >= 4 is 5.78 Å². The van der Waals surface area contributed by atoms with Crippen molar-refractivity contribution in [2.45, 2.75) is 57.4 Å². The lowest BCUT2D eigenvalue weighted by atomic mass is 9.93. The molecule has 2 rings (SSSR count). The van der Waals surface area contributed by atoms with Gasteiger partial charge in [0.25, 0.3) is 0 Å². The molecule has 1 saturated carbocycles. The molecule has 2 aliphatic rings. The van der Waals surface area contributed by atoms with Gasteiger partial charge in [0.05, 0.1) is 6.04 Å². The van der Waals surface area contributed by atoms with Crippen LogP contribution in [0.2, 0.25) is 0 Å². The third-order valence-corrected chi connectivity index (χ3v) is 3.60. The average molecular weight is 195 g/mol. The van der Waals surface area contributed by atoms with E-state index in [1.807, 2.05) is 0 Å². The molecule has 0 spiro atoms. The number of rotatable bonds is 1. The molecule has 1 atom stereocenters. The summed E-state index contributed by atoms with van der Waals surface area (Å²) < 4.78 is 0. The van der Waals surface area contributed by atoms with E-state index in [-0.39, 0.29) is 0 Å². The summed E-state index contributed by atoms with van der Waals surface area (Å²) in [6, 6.07) is 0.293. The Bertz CT molecular complexity index is 194. The van der Waals surface area contributed by atoms with Gasteiger partial charge in [-0.15, -0.1) is 0 Å². The maximum absolute atomic E-state index is 11.8. The number of carbonyl (C=O) groups is 1. The highest BCUT2D eigenvalue weighted by Gasteiger charge is 2.27. The lowest BCUT2D eigenvalue weighted by Gasteiger charge is -2.32. The number of carbonyl (C=O) groups excluding carboxylic acids is 1. The molecule has 0 amide bonds. The maximum Gasteiger partial charge on any atom is 0.149 e. The second-order valence-electron chi connectivity index (χ2n) is 4.68. The predicted molar refractivity (Wildman–Crippen MR) is 57.3 cm³/mol. The minimum Gasteiger partial charge on any atom is -0.298 e. The lowest BCUT2D eigenvalue weighted by Crippen LogP contribution is -2.43. The van der Waals surface area contributed by atoms with Gasteiger partial charge in [-0.05, 0) is 38.8 Å². The Balaban J connectivity index is 1.93. The van der Waals surface area contributed by atoms with Crippen molar-refractivity contribution < 1.29 is 4.79 Å². The number of hydrogen-bond donors (Lipinski definition) is 0. The first-order chi connectivity index (χ1) is 6.88. The van der Waals surface area contributed by atoms with Gasteiger partial charge in [0.1, 0.15) is 5.78 Å². The number of ketones is 1. The van der Waals surface area contributed by atoms with E-state index in [2.05, 4.69) is 4.90 Å². The Morgan fingerprint density at radius 3 is 2.29 bits per heavy atom. The predicted octanol–water partition coefficient (Wildman–Crippen LogP) is 2.37. The molecule has 1 saturated heterocycles. The van der Waals surface area contributed by atoms with Crippen molar-refractivity contribution in [1.82, 2.24) is 4.90 Å². The summed E-state index contributed by atoms with van der Waals surface area (Å²) in [6.07, 6.45) is 9.65. The molecule has 0 aromatic rings. The SMILES string of the molecule is O=C1CCCC[C@H]1N1CCCCCC1. The topological polar surface area (TPSA) is 20.3 Å². The molecular weight excluding hydrogens is 174 g/mol. The Labute approximate surface area is 86.7 Å². The van der Waals surface area contributed by atoms with E-state index in [4.69, 9.17) is 0 Å². The first-order valence-electron chi connectivity index (χ1n) is 6.15. The summed E-state index contributed by atoms with van der Waals surface area (Å²) in [5, 5.41) is 0. The molecule has 1 heterocycles. The summed E-state index contributed by atoms with van der Waals surface area (Å²) in [7, 11) is 0. The second kappa shape index (κ2) is 4.92. The third-order valence-electron chi connectivity index (χ3n) is 3.60. The molecule has 1 aliphatic heterocycles. The minimum atomic E-state index is 0.293. The van der Waals surface area contributed by atoms with Gasteiger partial charge < -0.3 is 0 Å². The third kappa shape index (κ3) is 2.35. The van der Waals surface area contributed by atoms with E-state index in [1.54, 1.807) is 0 Å². The molecule has 1 aliphatic carbocycles. The van der Waals surface area contributed by atoms with E-state index in [0.717, 1.165) is 32.4 Å². The molecule has 2 heteroatoms. The standard InChI is InChI=1S/C12H21NO/c14-12-8-4-3-7-11(12)13-9-5-1-2-6-10-13/h11H,1-10H2/t11-/m1/s1. The highest BCUT2D eigenvalue weighted by molar-refractivity contribution is 5.84. The molecule has 80 valence electrons. The van der Waals surface area contributed by atoms with Crippen LogP contribution in [0.5, 0.6) is 0 Å². The van der Waals surface area contributed by atoms with Gasteiger partial charge >= 0.3 is 0 Å². The number of Topliss-reactive ketones (excluding diaryl/α,β-unsaturated/α-hetero) is 1. The average Bonchev–Trinajstić information content (AvgIpc) is 2.47. The highest BCUT2D eigenvalue weighted by Crippen LogP contribution is 2.22. The van der Waals surface area contributed by atoms with Crippen LogP contribution < -0.4 is 0 Å². The Kier molecular flexibility index (Phi) is 3.57. The largest absolute Gasteiger partial charge is 0.298 e. The fourth-order valence-corrected chi connectivity index (χ4v) is 2.76. The summed E-state index contributed by atoms with van der Waals surface area (Å²) in [5.41, 5.74) is 0. The molecular formula is C12H21NO. The monoisotopic (exact) mass is 195 g/mol. The van der Waals surface area contributed by atoms with E-state index in [9.17, 15) is 4.79 Å². The summed E-state index contributed by atoms with van der Waals surface area (Å²) in [4.78, 5) is 14.2. The molecule has 0 unspecified atom stereocenters. The molecule has 2 fully saturated rings. The first-order valence-corrected chi connectivity index (χ1v) is 6.15. The van der Waals surface area contributed by atoms with Crippen molar-refractivity contribution in [2.75, 3.05) is 13.1 Å². The van der Waals surface area contributed by atoms with Crippen LogP contribution in [0.3, 0.4) is 0 Å². The van der Waals surface area contributed by atoms with Crippen molar-refractivity contribution in [2.24, 2.45) is 0 Å². The zero-order chi connectivity index (χ0) is 9.80. The van der Waals surface area contributed by atoms with Crippen LogP contribution in [0.1, 0.15) is 51.4 Å². The molecule has 0 aromatic carbocycles. The number of likely N-dealkylation sites (tertiary alicyclic amines) is 1. The van der Waals surface area contributed by atoms with Crippen molar-refractivity contribution in [1.29, 1.82) is 0 Å². The van der Waals surface area contributed by atoms with Crippen LogP contribution in [-0.2, 0) is 4.79 Å². The molecule has 0 radical (unpaired) electrons. The molecule has 0 N–H and O–H groups in total. The lowest BCUT2D eigenvalue weighted by molar-refractivity contribution is -0.126. The van der Waals surface area contributed by atoms with Gasteiger partial charge in [-0.25, -0.2) is 0 Å². The summed E-state index contributed by atoms with van der Waals surface area (Å²) in [6.45, 7) is 2.33. The highest BCUT2D eigenvalue weighted by atomic mass is 16.1. The van der Waals surface area contributed by atoms with Gasteiger partial charge in [0, 0.05) is 6.42 Å². The van der Waals surface area contributed by atoms with Gasteiger partial charge in [0.2, 0.25) is 0 Å². The normalized spacial score (nSPS) is 31.4. The van der Waals surface area contributed by atoms with E-state index in [0.29, 0.717) is 11.8 Å². The molecule has 0 bridgehead atoms. The number of hydrogen-bond acceptors (Lipinski definition) is 2. The van der Waals surface area contributed by atoms with E-state index < -0.39 is 0 Å². The minimum absolute atomic E-state index is 0.293. The van der Waals surface area contributed by atoms with Crippen LogP contribution in [-0.4, -0.2) is 29.8 Å². The van der Waals surface area contributed by atoms with Crippen molar-refractivity contribution in [3.8, 4) is 0 Å². The summed E-state index contributed by atoms with van der Waals surface area (Å²) >= 11 is 0. The van der Waals surface area contributed by atoms with E-state index in [1.165, 1.54) is 32.1 Å². The van der Waals surface area contributed by atoms with Crippen LogP contribution in [0.15, 0.2) is 0 Å². The van der Waals surface area contributed by atoms with Crippen LogP contribution in [0.25, 0.3) is 0 Å². The van der Waals surface area contributed by atoms with Crippen molar-refractivity contribution in [3.05, 3.63) is 0 Å². The quantitative estimate of drug-likeness (QED) is 0.640. The molecule has 14 heavy (non-hydrogen) atoms. The maximum atomic E-state index is 11.8. The Hall–Kier alpha value is -0.370. The van der Waals surface area contributed by atoms with Crippen LogP contribution >= 0.6 is 0 Å². The van der Waals surface area contributed by atoms with Gasteiger partial charge in [-0.3, -0.25) is 9.69 Å². The Morgan fingerprint density at radius 2 is 1.64 bits per heavy atom. The zero-order valence-electron chi connectivity index (χ0n) is 9.00. The first kappa shape index (κ1) is 10.2. The zero-order valence-corrected chi connectivity index (χ0v) is 9.00.